The quantitative estimate of drug-likeness (QED) is 0.636. The molecular formula is C13H22N2O3S. The molecule has 0 aliphatic heterocycles. The molecule has 0 aromatic heterocycles. The molecule has 0 spiro atoms. The molecule has 0 aliphatic carbocycles. The molecule has 1 aromatic rings. The Morgan fingerprint density at radius 1 is 1.32 bits per heavy atom. The minimum absolute atomic E-state index is 0.298. The smallest absolute Gasteiger partial charge is 0.243 e. The van der Waals surface area contributed by atoms with Gasteiger partial charge in [-0.05, 0) is 38.0 Å². The number of benzene rings is 1. The lowest BCUT2D eigenvalue weighted by Gasteiger charge is -2.20. The third-order valence-corrected chi connectivity index (χ3v) is 5.21. The molecule has 0 aliphatic rings. The number of anilines is 1. The number of nitrogen functional groups attached to an aromatic ring is 1. The van der Waals surface area contributed by atoms with Gasteiger partial charge in [-0.3, -0.25) is 0 Å². The van der Waals surface area contributed by atoms with E-state index < -0.39 is 10.0 Å². The van der Waals surface area contributed by atoms with Gasteiger partial charge in [0.25, 0.3) is 0 Å². The summed E-state index contributed by atoms with van der Waals surface area (Å²) in [5.74, 6) is 0. The first kappa shape index (κ1) is 15.9. The van der Waals surface area contributed by atoms with Crippen LogP contribution in [-0.4, -0.2) is 39.5 Å². The summed E-state index contributed by atoms with van der Waals surface area (Å²) in [5, 5.41) is 0. The van der Waals surface area contributed by atoms with Crippen molar-refractivity contribution in [3.8, 4) is 0 Å². The lowest BCUT2D eigenvalue weighted by molar-refractivity contribution is 0.138. The van der Waals surface area contributed by atoms with Crippen molar-refractivity contribution in [1.29, 1.82) is 0 Å². The first-order chi connectivity index (χ1) is 8.82. The largest absolute Gasteiger partial charge is 0.398 e. The van der Waals surface area contributed by atoms with E-state index in [1.165, 1.54) is 4.31 Å². The number of hydrogen-bond donors (Lipinski definition) is 1. The van der Waals surface area contributed by atoms with Crippen LogP contribution in [0, 0.1) is 13.8 Å². The molecular weight excluding hydrogens is 264 g/mol. The second-order valence-corrected chi connectivity index (χ2v) is 6.43. The lowest BCUT2D eigenvalue weighted by atomic mass is 10.1. The SMILES string of the molecule is CCOCCN(C)S(=O)(=O)c1c(C)ccc(N)c1C. The van der Waals surface area contributed by atoms with Gasteiger partial charge in [-0.1, -0.05) is 6.07 Å². The van der Waals surface area contributed by atoms with Crippen molar-refractivity contribution in [2.45, 2.75) is 25.7 Å². The average Bonchev–Trinajstić information content (AvgIpc) is 2.34. The fourth-order valence-corrected chi connectivity index (χ4v) is 3.46. The van der Waals surface area contributed by atoms with E-state index >= 15 is 0 Å². The molecule has 0 unspecified atom stereocenters. The summed E-state index contributed by atoms with van der Waals surface area (Å²) >= 11 is 0. The predicted molar refractivity (Wildman–Crippen MR) is 76.6 cm³/mol. The van der Waals surface area contributed by atoms with E-state index in [2.05, 4.69) is 0 Å². The van der Waals surface area contributed by atoms with Gasteiger partial charge in [0.1, 0.15) is 0 Å². The highest BCUT2D eigenvalue weighted by molar-refractivity contribution is 7.89. The van der Waals surface area contributed by atoms with E-state index in [9.17, 15) is 8.42 Å². The van der Waals surface area contributed by atoms with Crippen LogP contribution in [0.2, 0.25) is 0 Å². The molecule has 0 saturated heterocycles. The number of aryl methyl sites for hydroxylation is 1. The number of ether oxygens (including phenoxy) is 1. The molecule has 2 N–H and O–H groups in total. The van der Waals surface area contributed by atoms with Gasteiger partial charge in [0.05, 0.1) is 11.5 Å². The molecule has 0 amide bonds. The van der Waals surface area contributed by atoms with Gasteiger partial charge in [-0.2, -0.15) is 4.31 Å². The maximum absolute atomic E-state index is 12.5. The zero-order valence-electron chi connectivity index (χ0n) is 11.9. The number of rotatable bonds is 6. The number of nitrogens with zero attached hydrogens (tertiary/aromatic N) is 1. The van der Waals surface area contributed by atoms with Crippen molar-refractivity contribution in [2.24, 2.45) is 0 Å². The first-order valence-electron chi connectivity index (χ1n) is 6.22. The monoisotopic (exact) mass is 286 g/mol. The molecule has 0 heterocycles. The Bertz CT molecular complexity index is 541. The number of likely N-dealkylation sites (N-methyl/N-ethyl adjacent to an activating group) is 1. The highest BCUT2D eigenvalue weighted by atomic mass is 32.2. The topological polar surface area (TPSA) is 72.6 Å². The van der Waals surface area contributed by atoms with Crippen LogP contribution >= 0.6 is 0 Å². The molecule has 1 aromatic carbocycles. The Balaban J connectivity index is 3.10. The molecule has 0 atom stereocenters. The summed E-state index contributed by atoms with van der Waals surface area (Å²) in [6, 6.07) is 3.45. The van der Waals surface area contributed by atoms with Gasteiger partial charge in [-0.25, -0.2) is 8.42 Å². The lowest BCUT2D eigenvalue weighted by Crippen LogP contribution is -2.31. The Kier molecular flexibility index (Phi) is 5.34. The van der Waals surface area contributed by atoms with E-state index in [0.29, 0.717) is 41.5 Å². The zero-order valence-corrected chi connectivity index (χ0v) is 12.8. The fourth-order valence-electron chi connectivity index (χ4n) is 1.85. The van der Waals surface area contributed by atoms with Gasteiger partial charge in [-0.15, -0.1) is 0 Å². The van der Waals surface area contributed by atoms with Crippen molar-refractivity contribution < 1.29 is 13.2 Å². The highest BCUT2D eigenvalue weighted by Crippen LogP contribution is 2.26. The standard InChI is InChI=1S/C13H22N2O3S/c1-5-18-9-8-15(4)19(16,17)13-10(2)6-7-12(14)11(13)3/h6-7H,5,8-9,14H2,1-4H3. The van der Waals surface area contributed by atoms with E-state index in [0.717, 1.165) is 0 Å². The van der Waals surface area contributed by atoms with Crippen molar-refractivity contribution in [3.63, 3.8) is 0 Å². The summed E-state index contributed by atoms with van der Waals surface area (Å²) in [6.07, 6.45) is 0. The number of hydrogen-bond acceptors (Lipinski definition) is 4. The minimum atomic E-state index is -3.53. The van der Waals surface area contributed by atoms with Crippen molar-refractivity contribution >= 4 is 15.7 Å². The van der Waals surface area contributed by atoms with Crippen LogP contribution in [0.3, 0.4) is 0 Å². The van der Waals surface area contributed by atoms with Crippen LogP contribution in [0.4, 0.5) is 5.69 Å². The van der Waals surface area contributed by atoms with Crippen molar-refractivity contribution in [2.75, 3.05) is 32.5 Å². The fraction of sp³-hybridized carbons (Fsp3) is 0.538. The van der Waals surface area contributed by atoms with E-state index in [-0.39, 0.29) is 0 Å². The Morgan fingerprint density at radius 3 is 2.53 bits per heavy atom. The second kappa shape index (κ2) is 6.36. The van der Waals surface area contributed by atoms with Crippen LogP contribution in [0.15, 0.2) is 17.0 Å². The summed E-state index contributed by atoms with van der Waals surface area (Å²) < 4.78 is 31.6. The van der Waals surface area contributed by atoms with Gasteiger partial charge in [0.2, 0.25) is 10.0 Å². The second-order valence-electron chi connectivity index (χ2n) is 4.45. The first-order valence-corrected chi connectivity index (χ1v) is 7.66. The van der Waals surface area contributed by atoms with Gasteiger partial charge in [0, 0.05) is 25.9 Å². The number of sulfonamides is 1. The molecule has 0 fully saturated rings. The van der Waals surface area contributed by atoms with Gasteiger partial charge in [0.15, 0.2) is 0 Å². The number of nitrogens with two attached hydrogens (primary N) is 1. The molecule has 0 radical (unpaired) electrons. The van der Waals surface area contributed by atoms with Crippen LogP contribution in [0.25, 0.3) is 0 Å². The van der Waals surface area contributed by atoms with E-state index in [1.54, 1.807) is 33.0 Å². The molecule has 1 rings (SSSR count). The summed E-state index contributed by atoms with van der Waals surface area (Å²) in [6.45, 7) is 6.66. The van der Waals surface area contributed by atoms with Gasteiger partial charge < -0.3 is 10.5 Å². The zero-order chi connectivity index (χ0) is 14.6. The van der Waals surface area contributed by atoms with E-state index in [1.807, 2.05) is 6.92 Å². The Hall–Kier alpha value is -1.11. The molecule has 6 heteroatoms. The molecule has 108 valence electrons. The molecule has 0 bridgehead atoms. The van der Waals surface area contributed by atoms with Crippen LogP contribution in [0.1, 0.15) is 18.1 Å². The van der Waals surface area contributed by atoms with E-state index in [4.69, 9.17) is 10.5 Å². The third-order valence-electron chi connectivity index (χ3n) is 3.07. The summed E-state index contributed by atoms with van der Waals surface area (Å²) in [4.78, 5) is 0.298. The van der Waals surface area contributed by atoms with Crippen LogP contribution in [0.5, 0.6) is 0 Å². The minimum Gasteiger partial charge on any atom is -0.398 e. The van der Waals surface area contributed by atoms with Gasteiger partial charge >= 0.3 is 0 Å². The van der Waals surface area contributed by atoms with Crippen LogP contribution < -0.4 is 5.73 Å². The molecule has 0 saturated carbocycles. The third kappa shape index (κ3) is 3.46. The summed E-state index contributed by atoms with van der Waals surface area (Å²) in [7, 11) is -1.98. The highest BCUT2D eigenvalue weighted by Gasteiger charge is 2.25. The normalized spacial score (nSPS) is 12.1. The van der Waals surface area contributed by atoms with Crippen LogP contribution in [-0.2, 0) is 14.8 Å². The maximum atomic E-state index is 12.5. The summed E-state index contributed by atoms with van der Waals surface area (Å²) in [5.41, 5.74) is 7.59. The maximum Gasteiger partial charge on any atom is 0.243 e. The predicted octanol–water partition coefficient (Wildman–Crippen LogP) is 1.54. The molecule has 19 heavy (non-hydrogen) atoms. The average molecular weight is 286 g/mol. The molecule has 5 nitrogen and oxygen atoms in total. The Morgan fingerprint density at radius 2 is 1.95 bits per heavy atom. The van der Waals surface area contributed by atoms with Crippen molar-refractivity contribution in [1.82, 2.24) is 4.31 Å². The Labute approximate surface area is 115 Å². The van der Waals surface area contributed by atoms with Crippen molar-refractivity contribution in [3.05, 3.63) is 23.3 Å².